The van der Waals surface area contributed by atoms with E-state index in [1.165, 1.54) is 6.07 Å². The molecule has 0 fully saturated rings. The molecule has 0 aromatic heterocycles. The van der Waals surface area contributed by atoms with Gasteiger partial charge in [-0.25, -0.2) is 13.2 Å². The van der Waals surface area contributed by atoms with Gasteiger partial charge in [-0.1, -0.05) is 30.3 Å². The van der Waals surface area contributed by atoms with E-state index in [0.29, 0.717) is 11.4 Å². The van der Waals surface area contributed by atoms with E-state index in [1.54, 1.807) is 0 Å². The molecule has 0 aliphatic heterocycles. The third-order valence-corrected chi connectivity index (χ3v) is 5.27. The average Bonchev–Trinajstić information content (AvgIpc) is 2.64. The van der Waals surface area contributed by atoms with Gasteiger partial charge in [0.05, 0.1) is 0 Å². The van der Waals surface area contributed by atoms with Crippen LogP contribution in [0.5, 0.6) is 0 Å². The number of halogens is 3. The van der Waals surface area contributed by atoms with Crippen molar-refractivity contribution in [3.8, 4) is 0 Å². The molecule has 2 nitrogen and oxygen atoms in total. The number of aryl methyl sites for hydroxylation is 4. The lowest BCUT2D eigenvalue weighted by molar-refractivity contribution is 0.440. The van der Waals surface area contributed by atoms with Crippen LogP contribution in [-0.4, -0.2) is 0 Å². The first-order valence-corrected chi connectivity index (χ1v) is 8.98. The van der Waals surface area contributed by atoms with Gasteiger partial charge in [0.15, 0.2) is 17.5 Å². The summed E-state index contributed by atoms with van der Waals surface area (Å²) < 4.78 is 42.4. The third kappa shape index (κ3) is 3.33. The normalized spacial score (nSPS) is 11.3. The molecular formula is C23H23F3N2. The Morgan fingerprint density at radius 2 is 1.04 bits per heavy atom. The van der Waals surface area contributed by atoms with E-state index in [4.69, 9.17) is 11.5 Å². The average molecular weight is 384 g/mol. The minimum absolute atomic E-state index is 0.0612. The number of nitrogens with two attached hydrogens (primary N) is 2. The fraction of sp³-hybridized carbons (Fsp3) is 0.217. The first kappa shape index (κ1) is 19.8. The lowest BCUT2D eigenvalue weighted by atomic mass is 9.82. The second-order valence-corrected chi connectivity index (χ2v) is 7.33. The molecule has 4 N–H and O–H groups in total. The highest BCUT2D eigenvalue weighted by Gasteiger charge is 2.25. The smallest absolute Gasteiger partial charge is 0.194 e. The number of rotatable bonds is 3. The third-order valence-electron chi connectivity index (χ3n) is 5.27. The minimum atomic E-state index is -1.48. The van der Waals surface area contributed by atoms with E-state index in [-0.39, 0.29) is 5.56 Å². The van der Waals surface area contributed by atoms with Gasteiger partial charge in [0, 0.05) is 22.9 Å². The SMILES string of the molecule is Cc1cc(C(c2cc(C)c(N)c(C)c2)c2ccc(F)c(F)c2F)cc(C)c1N. The summed E-state index contributed by atoms with van der Waals surface area (Å²) in [4.78, 5) is 0. The summed E-state index contributed by atoms with van der Waals surface area (Å²) >= 11 is 0. The standard InChI is InChI=1S/C23H23F3N2/c1-11-7-15(8-12(2)22(11)27)19(16-9-13(3)23(28)14(4)10-16)17-5-6-18(24)21(26)20(17)25/h5-10,19H,27-28H2,1-4H3. The second kappa shape index (κ2) is 7.23. The van der Waals surface area contributed by atoms with Gasteiger partial charge in [0.2, 0.25) is 0 Å². The molecule has 0 aliphatic carbocycles. The molecule has 146 valence electrons. The van der Waals surface area contributed by atoms with E-state index >= 15 is 0 Å². The molecule has 3 aromatic rings. The number of nitrogen functional groups attached to an aromatic ring is 2. The molecule has 0 saturated carbocycles. The van der Waals surface area contributed by atoms with Gasteiger partial charge in [-0.2, -0.15) is 0 Å². The molecule has 0 amide bonds. The minimum Gasteiger partial charge on any atom is -0.398 e. The molecule has 5 heteroatoms. The van der Waals surface area contributed by atoms with Crippen LogP contribution in [0.2, 0.25) is 0 Å². The Bertz CT molecular complexity index is 970. The Morgan fingerprint density at radius 3 is 1.43 bits per heavy atom. The largest absolute Gasteiger partial charge is 0.398 e. The van der Waals surface area contributed by atoms with Crippen LogP contribution in [-0.2, 0) is 0 Å². The van der Waals surface area contributed by atoms with Crippen LogP contribution in [0.15, 0.2) is 36.4 Å². The maximum Gasteiger partial charge on any atom is 0.194 e. The van der Waals surface area contributed by atoms with Crippen molar-refractivity contribution in [3.63, 3.8) is 0 Å². The van der Waals surface area contributed by atoms with Gasteiger partial charge in [-0.3, -0.25) is 0 Å². The Kier molecular flexibility index (Phi) is 5.11. The summed E-state index contributed by atoms with van der Waals surface area (Å²) in [7, 11) is 0. The predicted molar refractivity (Wildman–Crippen MR) is 108 cm³/mol. The van der Waals surface area contributed by atoms with Gasteiger partial charge in [0.25, 0.3) is 0 Å². The highest BCUT2D eigenvalue weighted by molar-refractivity contribution is 5.60. The lowest BCUT2D eigenvalue weighted by Gasteiger charge is -2.23. The molecule has 0 heterocycles. The van der Waals surface area contributed by atoms with Crippen LogP contribution < -0.4 is 11.5 Å². The number of hydrogen-bond donors (Lipinski definition) is 2. The Balaban J connectivity index is 2.34. The van der Waals surface area contributed by atoms with Gasteiger partial charge in [-0.15, -0.1) is 0 Å². The quantitative estimate of drug-likeness (QED) is 0.347. The number of anilines is 2. The number of hydrogen-bond acceptors (Lipinski definition) is 2. The van der Waals surface area contributed by atoms with E-state index in [1.807, 2.05) is 52.0 Å². The Hall–Kier alpha value is -2.95. The topological polar surface area (TPSA) is 52.0 Å². The van der Waals surface area contributed by atoms with E-state index in [2.05, 4.69) is 0 Å². The fourth-order valence-electron chi connectivity index (χ4n) is 3.67. The van der Waals surface area contributed by atoms with Gasteiger partial charge >= 0.3 is 0 Å². The van der Waals surface area contributed by atoms with Crippen molar-refractivity contribution < 1.29 is 13.2 Å². The van der Waals surface area contributed by atoms with Crippen LogP contribution in [0.25, 0.3) is 0 Å². The van der Waals surface area contributed by atoms with Crippen molar-refractivity contribution in [2.75, 3.05) is 11.5 Å². The van der Waals surface area contributed by atoms with Crippen molar-refractivity contribution >= 4 is 11.4 Å². The van der Waals surface area contributed by atoms with Crippen LogP contribution in [0.3, 0.4) is 0 Å². The molecule has 0 atom stereocenters. The van der Waals surface area contributed by atoms with Crippen LogP contribution >= 0.6 is 0 Å². The summed E-state index contributed by atoms with van der Waals surface area (Å²) in [5, 5.41) is 0. The van der Waals surface area contributed by atoms with Gasteiger partial charge < -0.3 is 11.5 Å². The summed E-state index contributed by atoms with van der Waals surface area (Å²) in [6.07, 6.45) is 0. The lowest BCUT2D eigenvalue weighted by Crippen LogP contribution is -2.11. The molecule has 0 aliphatic rings. The van der Waals surface area contributed by atoms with Crippen LogP contribution in [0, 0.1) is 45.1 Å². The molecule has 0 saturated heterocycles. The zero-order chi connectivity index (χ0) is 20.7. The highest BCUT2D eigenvalue weighted by atomic mass is 19.2. The monoisotopic (exact) mass is 384 g/mol. The molecule has 0 unspecified atom stereocenters. The summed E-state index contributed by atoms with van der Waals surface area (Å²) in [5.41, 5.74) is 18.4. The maximum absolute atomic E-state index is 14.8. The van der Waals surface area contributed by atoms with E-state index in [0.717, 1.165) is 39.4 Å². The first-order valence-electron chi connectivity index (χ1n) is 8.98. The molecule has 0 radical (unpaired) electrons. The predicted octanol–water partition coefficient (Wildman–Crippen LogP) is 5.68. The Morgan fingerprint density at radius 1 is 0.643 bits per heavy atom. The van der Waals surface area contributed by atoms with Crippen molar-refractivity contribution in [1.29, 1.82) is 0 Å². The Labute approximate surface area is 163 Å². The molecule has 0 spiro atoms. The maximum atomic E-state index is 14.8. The van der Waals surface area contributed by atoms with E-state index in [9.17, 15) is 13.2 Å². The van der Waals surface area contributed by atoms with Crippen molar-refractivity contribution in [2.24, 2.45) is 0 Å². The van der Waals surface area contributed by atoms with Crippen LogP contribution in [0.4, 0.5) is 24.5 Å². The van der Waals surface area contributed by atoms with E-state index < -0.39 is 23.4 Å². The van der Waals surface area contributed by atoms with Gasteiger partial charge in [0.1, 0.15) is 0 Å². The molecule has 3 rings (SSSR count). The zero-order valence-electron chi connectivity index (χ0n) is 16.3. The highest BCUT2D eigenvalue weighted by Crippen LogP contribution is 2.38. The molecule has 28 heavy (non-hydrogen) atoms. The first-order chi connectivity index (χ1) is 13.1. The van der Waals surface area contributed by atoms with Crippen LogP contribution in [0.1, 0.15) is 44.9 Å². The second-order valence-electron chi connectivity index (χ2n) is 7.33. The van der Waals surface area contributed by atoms with Gasteiger partial charge in [-0.05, 0) is 67.1 Å². The summed E-state index contributed by atoms with van der Waals surface area (Å²) in [6.45, 7) is 7.46. The summed E-state index contributed by atoms with van der Waals surface area (Å²) in [6, 6.07) is 9.67. The fourth-order valence-corrected chi connectivity index (χ4v) is 3.67. The van der Waals surface area contributed by atoms with Crippen molar-refractivity contribution in [1.82, 2.24) is 0 Å². The van der Waals surface area contributed by atoms with Crippen molar-refractivity contribution in [3.05, 3.63) is 92.8 Å². The molecule has 3 aromatic carbocycles. The molecule has 0 bridgehead atoms. The zero-order valence-corrected chi connectivity index (χ0v) is 16.3. The number of benzene rings is 3. The molecular weight excluding hydrogens is 361 g/mol. The van der Waals surface area contributed by atoms with Crippen molar-refractivity contribution in [2.45, 2.75) is 33.6 Å². The summed E-state index contributed by atoms with van der Waals surface area (Å²) in [5.74, 6) is -4.51.